The molecule has 0 saturated carbocycles. The second kappa shape index (κ2) is 13.2. The zero-order valence-electron chi connectivity index (χ0n) is 29.1. The average molecular weight is 647 g/mol. The van der Waals surface area contributed by atoms with Gasteiger partial charge in [-0.1, -0.05) is 24.3 Å². The SMILES string of the molecule is Cc1cc(C)c(Cc2c(C)c(Cc3cc(O)cc(Cc4cc(C)c(O)c(Cc5c(C)cc(C)cc5O)c4C)c3O)cc(C)c2O)c(O)c1. The molecule has 0 amide bonds. The molecule has 48 heavy (non-hydrogen) atoms. The highest BCUT2D eigenvalue weighted by Crippen LogP contribution is 2.39. The van der Waals surface area contributed by atoms with Crippen molar-refractivity contribution in [3.05, 3.63) is 138 Å². The van der Waals surface area contributed by atoms with Crippen molar-refractivity contribution in [2.24, 2.45) is 0 Å². The zero-order valence-corrected chi connectivity index (χ0v) is 29.1. The van der Waals surface area contributed by atoms with E-state index in [0.717, 1.165) is 55.6 Å². The van der Waals surface area contributed by atoms with Gasteiger partial charge in [0.2, 0.25) is 0 Å². The van der Waals surface area contributed by atoms with E-state index in [0.29, 0.717) is 59.1 Å². The van der Waals surface area contributed by atoms with E-state index < -0.39 is 0 Å². The molecular formula is C42H46O6. The number of hydrogen-bond acceptors (Lipinski definition) is 6. The first-order chi connectivity index (χ1) is 22.5. The van der Waals surface area contributed by atoms with Crippen LogP contribution in [0.3, 0.4) is 0 Å². The van der Waals surface area contributed by atoms with Crippen molar-refractivity contribution in [3.63, 3.8) is 0 Å². The summed E-state index contributed by atoms with van der Waals surface area (Å²) in [6.07, 6.45) is 1.33. The fraction of sp³-hybridized carbons (Fsp3) is 0.286. The van der Waals surface area contributed by atoms with Crippen LogP contribution in [-0.4, -0.2) is 30.6 Å². The second-order valence-corrected chi connectivity index (χ2v) is 13.6. The van der Waals surface area contributed by atoms with Gasteiger partial charge in [0.25, 0.3) is 0 Å². The van der Waals surface area contributed by atoms with Crippen molar-refractivity contribution in [2.75, 3.05) is 0 Å². The van der Waals surface area contributed by atoms with E-state index in [2.05, 4.69) is 0 Å². The molecule has 0 aliphatic carbocycles. The Labute approximate surface area is 283 Å². The van der Waals surface area contributed by atoms with Crippen LogP contribution in [0.5, 0.6) is 34.5 Å². The van der Waals surface area contributed by atoms with Crippen molar-refractivity contribution in [3.8, 4) is 34.5 Å². The van der Waals surface area contributed by atoms with Gasteiger partial charge in [0.1, 0.15) is 34.5 Å². The summed E-state index contributed by atoms with van der Waals surface area (Å²) in [5, 5.41) is 66.1. The third kappa shape index (κ3) is 6.66. The summed E-state index contributed by atoms with van der Waals surface area (Å²) in [4.78, 5) is 0. The van der Waals surface area contributed by atoms with Gasteiger partial charge < -0.3 is 30.6 Å². The van der Waals surface area contributed by atoms with Gasteiger partial charge in [0.05, 0.1) is 0 Å². The Bertz CT molecular complexity index is 1880. The van der Waals surface area contributed by atoms with E-state index in [4.69, 9.17) is 0 Å². The first kappa shape index (κ1) is 34.2. The Balaban J connectivity index is 1.51. The molecular weight excluding hydrogens is 600 g/mol. The molecule has 0 fully saturated rings. The minimum atomic E-state index is 0.0277. The molecule has 250 valence electrons. The molecule has 0 unspecified atom stereocenters. The van der Waals surface area contributed by atoms with E-state index in [1.165, 1.54) is 0 Å². The molecule has 0 atom stereocenters. The molecule has 0 heterocycles. The lowest BCUT2D eigenvalue weighted by atomic mass is 9.87. The van der Waals surface area contributed by atoms with Crippen LogP contribution in [0.25, 0.3) is 0 Å². The molecule has 5 aromatic rings. The number of hydrogen-bond donors (Lipinski definition) is 6. The van der Waals surface area contributed by atoms with Gasteiger partial charge in [0.15, 0.2) is 0 Å². The summed E-state index contributed by atoms with van der Waals surface area (Å²) >= 11 is 0. The molecule has 0 bridgehead atoms. The van der Waals surface area contributed by atoms with E-state index >= 15 is 0 Å². The van der Waals surface area contributed by atoms with Gasteiger partial charge in [-0.15, -0.1) is 0 Å². The van der Waals surface area contributed by atoms with Crippen LogP contribution < -0.4 is 0 Å². The lowest BCUT2D eigenvalue weighted by molar-refractivity contribution is 0.449. The maximum Gasteiger partial charge on any atom is 0.122 e. The van der Waals surface area contributed by atoms with E-state index in [9.17, 15) is 30.6 Å². The van der Waals surface area contributed by atoms with Crippen molar-refractivity contribution in [1.29, 1.82) is 0 Å². The molecule has 0 aliphatic rings. The number of aryl methyl sites for hydroxylation is 6. The van der Waals surface area contributed by atoms with Gasteiger partial charge in [0, 0.05) is 59.1 Å². The number of benzene rings is 5. The third-order valence-corrected chi connectivity index (χ3v) is 9.88. The molecule has 5 aromatic carbocycles. The van der Waals surface area contributed by atoms with Gasteiger partial charge in [-0.3, -0.25) is 0 Å². The maximum absolute atomic E-state index is 11.6. The van der Waals surface area contributed by atoms with Crippen LogP contribution in [0, 0.1) is 55.4 Å². The standard InChI is InChI=1S/C42H46O6/c1-21-9-23(3)34(38(44)11-21)19-36-27(7)29(13-25(5)40(36)46)15-31-17-33(43)18-32(42(31)48)16-30-14-26(6)41(47)37(28(30)8)20-35-24(4)10-22(2)12-39(35)45/h9-14,17-18,43-48H,15-16,19-20H2,1-8H3. The van der Waals surface area contributed by atoms with Crippen LogP contribution in [0.1, 0.15) is 89.0 Å². The molecule has 0 aromatic heterocycles. The highest BCUT2D eigenvalue weighted by Gasteiger charge is 2.21. The summed E-state index contributed by atoms with van der Waals surface area (Å²) in [5.74, 6) is 0.848. The Kier molecular flexibility index (Phi) is 9.41. The summed E-state index contributed by atoms with van der Waals surface area (Å²) in [7, 11) is 0. The lowest BCUT2D eigenvalue weighted by Gasteiger charge is -2.20. The predicted octanol–water partition coefficient (Wildman–Crippen LogP) is 8.75. The minimum Gasteiger partial charge on any atom is -0.508 e. The fourth-order valence-electron chi connectivity index (χ4n) is 7.08. The van der Waals surface area contributed by atoms with Crippen molar-refractivity contribution in [2.45, 2.75) is 81.1 Å². The molecule has 0 saturated heterocycles. The van der Waals surface area contributed by atoms with E-state index in [1.54, 1.807) is 24.3 Å². The van der Waals surface area contributed by atoms with E-state index in [1.807, 2.05) is 79.7 Å². The highest BCUT2D eigenvalue weighted by molar-refractivity contribution is 5.58. The van der Waals surface area contributed by atoms with Crippen LogP contribution >= 0.6 is 0 Å². The summed E-state index contributed by atoms with van der Waals surface area (Å²) in [6, 6.07) is 14.4. The monoisotopic (exact) mass is 646 g/mol. The van der Waals surface area contributed by atoms with Gasteiger partial charge in [-0.2, -0.15) is 0 Å². The predicted molar refractivity (Wildman–Crippen MR) is 191 cm³/mol. The molecule has 5 rings (SSSR count). The minimum absolute atomic E-state index is 0.0277. The number of rotatable bonds is 8. The van der Waals surface area contributed by atoms with Gasteiger partial charge in [-0.25, -0.2) is 0 Å². The Morgan fingerprint density at radius 3 is 1.08 bits per heavy atom. The quantitative estimate of drug-likeness (QED) is 0.0938. The van der Waals surface area contributed by atoms with E-state index in [-0.39, 0.29) is 34.5 Å². The summed E-state index contributed by atoms with van der Waals surface area (Å²) in [6.45, 7) is 15.3. The Morgan fingerprint density at radius 1 is 0.354 bits per heavy atom. The second-order valence-electron chi connectivity index (χ2n) is 13.6. The summed E-state index contributed by atoms with van der Waals surface area (Å²) < 4.78 is 0. The van der Waals surface area contributed by atoms with Crippen molar-refractivity contribution >= 4 is 0 Å². The maximum atomic E-state index is 11.6. The molecule has 0 spiro atoms. The Morgan fingerprint density at radius 2 is 0.729 bits per heavy atom. The fourth-order valence-corrected chi connectivity index (χ4v) is 7.08. The molecule has 6 nitrogen and oxygen atoms in total. The number of aromatic hydroxyl groups is 6. The van der Waals surface area contributed by atoms with Crippen LogP contribution in [0.4, 0.5) is 0 Å². The zero-order chi connectivity index (χ0) is 35.2. The normalized spacial score (nSPS) is 11.3. The first-order valence-electron chi connectivity index (χ1n) is 16.3. The largest absolute Gasteiger partial charge is 0.508 e. The smallest absolute Gasteiger partial charge is 0.122 e. The molecule has 6 heteroatoms. The van der Waals surface area contributed by atoms with Crippen molar-refractivity contribution in [1.82, 2.24) is 0 Å². The van der Waals surface area contributed by atoms with Gasteiger partial charge in [-0.05, 0) is 135 Å². The molecule has 6 N–H and O–H groups in total. The average Bonchev–Trinajstić information content (AvgIpc) is 2.99. The first-order valence-corrected chi connectivity index (χ1v) is 16.3. The lowest BCUT2D eigenvalue weighted by Crippen LogP contribution is -2.04. The Hall–Kier alpha value is -5.10. The molecule has 0 aliphatic heterocycles. The third-order valence-electron chi connectivity index (χ3n) is 9.88. The highest BCUT2D eigenvalue weighted by atomic mass is 16.3. The summed E-state index contributed by atoms with van der Waals surface area (Å²) in [5.41, 5.74) is 12.7. The molecule has 0 radical (unpaired) electrons. The van der Waals surface area contributed by atoms with Crippen LogP contribution in [-0.2, 0) is 25.7 Å². The van der Waals surface area contributed by atoms with Crippen molar-refractivity contribution < 1.29 is 30.6 Å². The number of phenols is 6. The number of phenolic OH excluding ortho intramolecular Hbond substituents is 6. The van der Waals surface area contributed by atoms with Gasteiger partial charge >= 0.3 is 0 Å². The van der Waals surface area contributed by atoms with Crippen LogP contribution in [0.2, 0.25) is 0 Å². The topological polar surface area (TPSA) is 121 Å². The van der Waals surface area contributed by atoms with Crippen LogP contribution in [0.15, 0.2) is 48.5 Å².